The molecule has 0 bridgehead atoms. The van der Waals surface area contributed by atoms with Crippen molar-refractivity contribution in [3.63, 3.8) is 0 Å². The first-order valence-electron chi connectivity index (χ1n) is 10.5. The van der Waals surface area contributed by atoms with E-state index in [0.29, 0.717) is 0 Å². The van der Waals surface area contributed by atoms with Gasteiger partial charge in [-0.2, -0.15) is 0 Å². The van der Waals surface area contributed by atoms with Crippen LogP contribution in [0.3, 0.4) is 0 Å². The predicted molar refractivity (Wildman–Crippen MR) is 122 cm³/mol. The van der Waals surface area contributed by atoms with Crippen molar-refractivity contribution in [2.75, 3.05) is 39.8 Å². The molecule has 5 heteroatoms. The first-order valence-corrected chi connectivity index (χ1v) is 10.5. The van der Waals surface area contributed by atoms with Crippen LogP contribution in [0.2, 0.25) is 0 Å². The van der Waals surface area contributed by atoms with E-state index in [1.54, 1.807) is 13.2 Å². The number of piperazine rings is 1. The Morgan fingerprint density at radius 2 is 1.90 bits per heavy atom. The van der Waals surface area contributed by atoms with E-state index in [1.807, 2.05) is 42.2 Å². The maximum atomic E-state index is 12.7. The number of carbonyl (C=O) groups excluding carboxylic acids is 1. The standard InChI is InChI=1S/C25H29N3O2/c1-19-22(23-8-3-4-9-24(23)26-19)10-11-25(29)28-16-14-27(15-17-28)13-12-20-6-5-7-21(18-20)30-2/h3-11,18,26H,12-17H2,1-2H3. The van der Waals surface area contributed by atoms with E-state index in [0.717, 1.165) is 67.1 Å². The van der Waals surface area contributed by atoms with Gasteiger partial charge in [0.05, 0.1) is 7.11 Å². The number of amides is 1. The minimum absolute atomic E-state index is 0.0899. The SMILES string of the molecule is COc1cccc(CCN2CCN(C(=O)C=Cc3c(C)[nH]c4ccccc34)CC2)c1. The predicted octanol–water partition coefficient (Wildman–Crippen LogP) is 3.89. The number of ether oxygens (including phenoxy) is 1. The van der Waals surface area contributed by atoms with E-state index in [1.165, 1.54) is 5.56 Å². The number of carbonyl (C=O) groups is 1. The molecular formula is C25H29N3O2. The van der Waals surface area contributed by atoms with Gasteiger partial charge in [0.2, 0.25) is 5.91 Å². The summed E-state index contributed by atoms with van der Waals surface area (Å²) >= 11 is 0. The zero-order valence-corrected chi connectivity index (χ0v) is 17.7. The molecule has 1 N–H and O–H groups in total. The maximum absolute atomic E-state index is 12.7. The van der Waals surface area contributed by atoms with Crippen molar-refractivity contribution < 1.29 is 9.53 Å². The minimum atomic E-state index is 0.0899. The van der Waals surface area contributed by atoms with Crippen molar-refractivity contribution >= 4 is 22.9 Å². The summed E-state index contributed by atoms with van der Waals surface area (Å²) in [6.45, 7) is 6.42. The van der Waals surface area contributed by atoms with Crippen molar-refractivity contribution in [3.05, 3.63) is 71.4 Å². The van der Waals surface area contributed by atoms with Gasteiger partial charge in [0.1, 0.15) is 5.75 Å². The van der Waals surface area contributed by atoms with Crippen molar-refractivity contribution in [3.8, 4) is 5.75 Å². The number of rotatable bonds is 6. The zero-order valence-electron chi connectivity index (χ0n) is 17.7. The molecule has 1 amide bonds. The summed E-state index contributed by atoms with van der Waals surface area (Å²) in [4.78, 5) is 20.4. The lowest BCUT2D eigenvalue weighted by atomic mass is 10.1. The molecule has 1 fully saturated rings. The van der Waals surface area contributed by atoms with Crippen molar-refractivity contribution in [2.45, 2.75) is 13.3 Å². The molecule has 0 spiro atoms. The first kappa shape index (κ1) is 20.2. The van der Waals surface area contributed by atoms with Gasteiger partial charge in [0.15, 0.2) is 0 Å². The second kappa shape index (κ2) is 9.18. The highest BCUT2D eigenvalue weighted by Crippen LogP contribution is 2.23. The highest BCUT2D eigenvalue weighted by atomic mass is 16.5. The Bertz CT molecular complexity index is 1050. The average Bonchev–Trinajstić information content (AvgIpc) is 3.11. The average molecular weight is 404 g/mol. The Hall–Kier alpha value is -3.05. The van der Waals surface area contributed by atoms with E-state index in [2.05, 4.69) is 34.1 Å². The number of hydrogen-bond acceptors (Lipinski definition) is 3. The van der Waals surface area contributed by atoms with E-state index >= 15 is 0 Å². The van der Waals surface area contributed by atoms with Crippen LogP contribution in [0.25, 0.3) is 17.0 Å². The molecule has 0 aliphatic carbocycles. The summed E-state index contributed by atoms with van der Waals surface area (Å²) in [7, 11) is 1.70. The largest absolute Gasteiger partial charge is 0.497 e. The van der Waals surface area contributed by atoms with Crippen molar-refractivity contribution in [1.29, 1.82) is 0 Å². The number of nitrogens with zero attached hydrogens (tertiary/aromatic N) is 2. The van der Waals surface area contributed by atoms with Crippen LogP contribution in [0.5, 0.6) is 5.75 Å². The second-order valence-corrected chi connectivity index (χ2v) is 7.81. The van der Waals surface area contributed by atoms with Crippen LogP contribution < -0.4 is 4.74 Å². The molecular weight excluding hydrogens is 374 g/mol. The lowest BCUT2D eigenvalue weighted by Crippen LogP contribution is -2.48. The number of aromatic amines is 1. The summed E-state index contributed by atoms with van der Waals surface area (Å²) in [5.41, 5.74) is 4.56. The maximum Gasteiger partial charge on any atom is 0.246 e. The second-order valence-electron chi connectivity index (χ2n) is 7.81. The number of hydrogen-bond donors (Lipinski definition) is 1. The number of nitrogens with one attached hydrogen (secondary N) is 1. The fraction of sp³-hybridized carbons (Fsp3) is 0.320. The number of H-pyrrole nitrogens is 1. The van der Waals surface area contributed by atoms with Gasteiger partial charge >= 0.3 is 0 Å². The summed E-state index contributed by atoms with van der Waals surface area (Å²) in [6.07, 6.45) is 4.66. The Balaban J connectivity index is 1.30. The third-order valence-electron chi connectivity index (χ3n) is 5.87. The topological polar surface area (TPSA) is 48.6 Å². The van der Waals surface area contributed by atoms with Crippen LogP contribution in [0.15, 0.2) is 54.6 Å². The Morgan fingerprint density at radius 1 is 1.10 bits per heavy atom. The van der Waals surface area contributed by atoms with Crippen LogP contribution >= 0.6 is 0 Å². The number of aromatic nitrogens is 1. The Kier molecular flexibility index (Phi) is 6.19. The molecule has 0 saturated carbocycles. The van der Waals surface area contributed by atoms with Crippen molar-refractivity contribution in [2.24, 2.45) is 0 Å². The van der Waals surface area contributed by atoms with E-state index in [-0.39, 0.29) is 5.91 Å². The molecule has 5 nitrogen and oxygen atoms in total. The third-order valence-corrected chi connectivity index (χ3v) is 5.87. The number of aryl methyl sites for hydroxylation is 1. The van der Waals surface area contributed by atoms with Gasteiger partial charge in [0, 0.05) is 61.0 Å². The quantitative estimate of drug-likeness (QED) is 0.636. The molecule has 2 aromatic carbocycles. The Labute approximate surface area is 177 Å². The summed E-state index contributed by atoms with van der Waals surface area (Å²) in [5.74, 6) is 0.993. The number of fused-ring (bicyclic) bond motifs is 1. The van der Waals surface area contributed by atoms with Gasteiger partial charge < -0.3 is 14.6 Å². The molecule has 0 unspecified atom stereocenters. The number of para-hydroxylation sites is 1. The van der Waals surface area contributed by atoms with Gasteiger partial charge in [-0.3, -0.25) is 9.69 Å². The zero-order chi connectivity index (χ0) is 20.9. The van der Waals surface area contributed by atoms with E-state index in [9.17, 15) is 4.79 Å². The van der Waals surface area contributed by atoms with Gasteiger partial charge in [0.25, 0.3) is 0 Å². The number of benzene rings is 2. The summed E-state index contributed by atoms with van der Waals surface area (Å²) in [5, 5.41) is 1.15. The monoisotopic (exact) mass is 403 g/mol. The lowest BCUT2D eigenvalue weighted by molar-refractivity contribution is -0.127. The molecule has 2 heterocycles. The van der Waals surface area contributed by atoms with Gasteiger partial charge in [-0.15, -0.1) is 0 Å². The minimum Gasteiger partial charge on any atom is -0.497 e. The van der Waals surface area contributed by atoms with Crippen LogP contribution in [0.4, 0.5) is 0 Å². The summed E-state index contributed by atoms with van der Waals surface area (Å²) in [6, 6.07) is 16.4. The molecule has 1 aliphatic rings. The molecule has 1 saturated heterocycles. The first-order chi connectivity index (χ1) is 14.6. The highest BCUT2D eigenvalue weighted by Gasteiger charge is 2.19. The van der Waals surface area contributed by atoms with Crippen LogP contribution in [0, 0.1) is 6.92 Å². The highest BCUT2D eigenvalue weighted by molar-refractivity contribution is 5.97. The molecule has 4 rings (SSSR count). The normalized spacial score (nSPS) is 15.2. The smallest absolute Gasteiger partial charge is 0.246 e. The molecule has 3 aromatic rings. The third kappa shape index (κ3) is 4.57. The fourth-order valence-corrected chi connectivity index (χ4v) is 4.08. The molecule has 1 aromatic heterocycles. The van der Waals surface area contributed by atoms with E-state index < -0.39 is 0 Å². The molecule has 30 heavy (non-hydrogen) atoms. The van der Waals surface area contributed by atoms with Gasteiger partial charge in [-0.05, 0) is 43.2 Å². The van der Waals surface area contributed by atoms with E-state index in [4.69, 9.17) is 4.74 Å². The van der Waals surface area contributed by atoms with Crippen LogP contribution in [-0.4, -0.2) is 60.5 Å². The molecule has 156 valence electrons. The van der Waals surface area contributed by atoms with Crippen LogP contribution in [-0.2, 0) is 11.2 Å². The lowest BCUT2D eigenvalue weighted by Gasteiger charge is -2.34. The fourth-order valence-electron chi connectivity index (χ4n) is 4.08. The van der Waals surface area contributed by atoms with Gasteiger partial charge in [-0.25, -0.2) is 0 Å². The van der Waals surface area contributed by atoms with Crippen molar-refractivity contribution in [1.82, 2.24) is 14.8 Å². The molecule has 0 atom stereocenters. The molecule has 1 aliphatic heterocycles. The molecule has 0 radical (unpaired) electrons. The Morgan fingerprint density at radius 3 is 2.70 bits per heavy atom. The number of methoxy groups -OCH3 is 1. The van der Waals surface area contributed by atoms with Crippen LogP contribution in [0.1, 0.15) is 16.8 Å². The summed E-state index contributed by atoms with van der Waals surface area (Å²) < 4.78 is 5.30. The van der Waals surface area contributed by atoms with Gasteiger partial charge in [-0.1, -0.05) is 30.3 Å².